The Kier molecular flexibility index (Phi) is 4.00. The maximum atomic E-state index is 12.7. The van der Waals surface area contributed by atoms with E-state index < -0.39 is 0 Å². The van der Waals surface area contributed by atoms with Crippen molar-refractivity contribution in [3.05, 3.63) is 29.1 Å². The summed E-state index contributed by atoms with van der Waals surface area (Å²) in [6.45, 7) is 5.00. The van der Waals surface area contributed by atoms with Gasteiger partial charge in [0.25, 0.3) is 0 Å². The summed E-state index contributed by atoms with van der Waals surface area (Å²) in [5, 5.41) is 0. The molecule has 2 aliphatic carbocycles. The molecule has 0 bridgehead atoms. The molecule has 2 fully saturated rings. The Balaban J connectivity index is 1.28. The topological polar surface area (TPSA) is 41.4 Å². The van der Waals surface area contributed by atoms with Gasteiger partial charge in [0.1, 0.15) is 5.82 Å². The van der Waals surface area contributed by atoms with Crippen molar-refractivity contribution in [3.8, 4) is 0 Å². The second kappa shape index (κ2) is 6.58. The molecule has 5 heteroatoms. The summed E-state index contributed by atoms with van der Waals surface area (Å²) in [4.78, 5) is 22.5. The molecule has 2 aliphatic heterocycles. The molecule has 0 N–H and O–H groups in total. The SMILES string of the molecule is O=C(C1CCC1)N1CCc2cc3nc4n(c3cc2C1)CCN(C1CCC1)CC4. The van der Waals surface area contributed by atoms with E-state index in [1.54, 1.807) is 0 Å². The average Bonchev–Trinajstić information content (AvgIpc) is 2.81. The average molecular weight is 379 g/mol. The second-order valence-electron chi connectivity index (χ2n) is 9.30. The van der Waals surface area contributed by atoms with Crippen LogP contribution in [0.1, 0.15) is 55.5 Å². The van der Waals surface area contributed by atoms with Crippen LogP contribution < -0.4 is 0 Å². The summed E-state index contributed by atoms with van der Waals surface area (Å²) in [5.74, 6) is 1.94. The van der Waals surface area contributed by atoms with Crippen LogP contribution in [0.5, 0.6) is 0 Å². The van der Waals surface area contributed by atoms with Crippen LogP contribution in [0, 0.1) is 5.92 Å². The van der Waals surface area contributed by atoms with E-state index in [4.69, 9.17) is 4.98 Å². The minimum Gasteiger partial charge on any atom is -0.338 e. The molecular formula is C23H30N4O. The molecule has 2 saturated carbocycles. The van der Waals surface area contributed by atoms with E-state index in [0.29, 0.717) is 11.8 Å². The Morgan fingerprint density at radius 3 is 2.54 bits per heavy atom. The molecule has 0 atom stereocenters. The molecule has 4 aliphatic rings. The molecule has 0 radical (unpaired) electrons. The molecule has 2 aromatic rings. The van der Waals surface area contributed by atoms with Crippen LogP contribution in [0.4, 0.5) is 0 Å². The summed E-state index contributed by atoms with van der Waals surface area (Å²) in [5.41, 5.74) is 5.18. The highest BCUT2D eigenvalue weighted by Gasteiger charge is 2.32. The predicted molar refractivity (Wildman–Crippen MR) is 109 cm³/mol. The zero-order valence-electron chi connectivity index (χ0n) is 16.7. The van der Waals surface area contributed by atoms with Crippen molar-refractivity contribution < 1.29 is 4.79 Å². The first-order valence-electron chi connectivity index (χ1n) is 11.3. The van der Waals surface area contributed by atoms with Crippen LogP contribution in [0.2, 0.25) is 0 Å². The van der Waals surface area contributed by atoms with Crippen LogP contribution in [0.25, 0.3) is 11.0 Å². The number of nitrogens with zero attached hydrogens (tertiary/aromatic N) is 4. The maximum Gasteiger partial charge on any atom is 0.225 e. The lowest BCUT2D eigenvalue weighted by Gasteiger charge is -2.36. The molecule has 3 heterocycles. The number of imidazole rings is 1. The van der Waals surface area contributed by atoms with Gasteiger partial charge in [-0.1, -0.05) is 12.8 Å². The molecular weight excluding hydrogens is 348 g/mol. The lowest BCUT2D eigenvalue weighted by Crippen LogP contribution is -2.41. The first-order chi connectivity index (χ1) is 13.8. The van der Waals surface area contributed by atoms with Gasteiger partial charge in [0, 0.05) is 51.1 Å². The van der Waals surface area contributed by atoms with Gasteiger partial charge in [-0.25, -0.2) is 4.98 Å². The van der Waals surface area contributed by atoms with Crippen molar-refractivity contribution in [1.29, 1.82) is 0 Å². The number of fused-ring (bicyclic) bond motifs is 4. The highest BCUT2D eigenvalue weighted by atomic mass is 16.2. The zero-order valence-corrected chi connectivity index (χ0v) is 16.7. The predicted octanol–water partition coefficient (Wildman–Crippen LogP) is 3.13. The van der Waals surface area contributed by atoms with E-state index in [1.165, 1.54) is 48.2 Å². The minimum absolute atomic E-state index is 0.300. The van der Waals surface area contributed by atoms with Crippen molar-refractivity contribution in [2.45, 2.75) is 70.5 Å². The van der Waals surface area contributed by atoms with Crippen molar-refractivity contribution in [1.82, 2.24) is 19.4 Å². The Labute approximate surface area is 166 Å². The third-order valence-electron chi connectivity index (χ3n) is 7.75. The van der Waals surface area contributed by atoms with Crippen LogP contribution in [0.3, 0.4) is 0 Å². The van der Waals surface area contributed by atoms with E-state index in [9.17, 15) is 4.79 Å². The number of amides is 1. The Hall–Kier alpha value is -1.88. The van der Waals surface area contributed by atoms with Gasteiger partial charge in [0.2, 0.25) is 5.91 Å². The van der Waals surface area contributed by atoms with Crippen molar-refractivity contribution >= 4 is 16.9 Å². The molecule has 1 amide bonds. The molecule has 148 valence electrons. The van der Waals surface area contributed by atoms with Gasteiger partial charge >= 0.3 is 0 Å². The highest BCUT2D eigenvalue weighted by Crippen LogP contribution is 2.32. The Morgan fingerprint density at radius 1 is 0.929 bits per heavy atom. The number of aromatic nitrogens is 2. The Morgan fingerprint density at radius 2 is 1.79 bits per heavy atom. The van der Waals surface area contributed by atoms with Gasteiger partial charge < -0.3 is 9.47 Å². The smallest absolute Gasteiger partial charge is 0.225 e. The number of hydrogen-bond acceptors (Lipinski definition) is 3. The van der Waals surface area contributed by atoms with Crippen LogP contribution in [-0.2, 0) is 30.7 Å². The van der Waals surface area contributed by atoms with Crippen LogP contribution >= 0.6 is 0 Å². The van der Waals surface area contributed by atoms with Gasteiger partial charge in [0.05, 0.1) is 11.0 Å². The standard InChI is InChI=1S/C23H30N4O/c28-23(16-3-1-4-16)26-9-7-17-13-20-21(14-18(17)15-26)27-12-11-25(19-5-2-6-19)10-8-22(27)24-20/h13-14,16,19H,1-12,15H2. The van der Waals surface area contributed by atoms with E-state index >= 15 is 0 Å². The van der Waals surface area contributed by atoms with Gasteiger partial charge in [-0.15, -0.1) is 0 Å². The Bertz CT molecular complexity index is 924. The first-order valence-corrected chi connectivity index (χ1v) is 11.3. The molecule has 6 rings (SSSR count). The monoisotopic (exact) mass is 378 g/mol. The largest absolute Gasteiger partial charge is 0.338 e. The molecule has 0 spiro atoms. The number of carbonyl (C=O) groups is 1. The summed E-state index contributed by atoms with van der Waals surface area (Å²) < 4.78 is 2.46. The van der Waals surface area contributed by atoms with Crippen molar-refractivity contribution in [2.24, 2.45) is 5.92 Å². The molecule has 1 aromatic carbocycles. The molecule has 0 unspecified atom stereocenters. The highest BCUT2D eigenvalue weighted by molar-refractivity contribution is 5.81. The van der Waals surface area contributed by atoms with Crippen molar-refractivity contribution in [3.63, 3.8) is 0 Å². The van der Waals surface area contributed by atoms with Crippen molar-refractivity contribution in [2.75, 3.05) is 19.6 Å². The van der Waals surface area contributed by atoms with E-state index in [2.05, 4.69) is 26.5 Å². The fourth-order valence-electron chi connectivity index (χ4n) is 5.47. The third-order valence-corrected chi connectivity index (χ3v) is 7.75. The maximum absolute atomic E-state index is 12.7. The quantitative estimate of drug-likeness (QED) is 0.806. The normalized spacial score (nSPS) is 23.6. The summed E-state index contributed by atoms with van der Waals surface area (Å²) >= 11 is 0. The molecule has 5 nitrogen and oxygen atoms in total. The minimum atomic E-state index is 0.300. The number of rotatable bonds is 2. The van der Waals surface area contributed by atoms with E-state index in [-0.39, 0.29) is 0 Å². The lowest BCUT2D eigenvalue weighted by molar-refractivity contribution is -0.139. The van der Waals surface area contributed by atoms with Gasteiger partial charge in [-0.05, 0) is 55.4 Å². The fraction of sp³-hybridized carbons (Fsp3) is 0.652. The molecule has 1 aromatic heterocycles. The fourth-order valence-corrected chi connectivity index (χ4v) is 5.47. The van der Waals surface area contributed by atoms with Crippen LogP contribution in [-0.4, -0.2) is 50.9 Å². The van der Waals surface area contributed by atoms with E-state index in [1.807, 2.05) is 0 Å². The summed E-state index contributed by atoms with van der Waals surface area (Å²) in [6.07, 6.45) is 9.59. The second-order valence-corrected chi connectivity index (χ2v) is 9.30. The third kappa shape index (κ3) is 2.70. The molecule has 28 heavy (non-hydrogen) atoms. The lowest BCUT2D eigenvalue weighted by atomic mass is 9.83. The number of hydrogen-bond donors (Lipinski definition) is 0. The van der Waals surface area contributed by atoms with E-state index in [0.717, 1.165) is 70.0 Å². The first kappa shape index (κ1) is 17.0. The van der Waals surface area contributed by atoms with Crippen LogP contribution in [0.15, 0.2) is 12.1 Å². The number of carbonyl (C=O) groups excluding carboxylic acids is 1. The van der Waals surface area contributed by atoms with Gasteiger partial charge in [-0.3, -0.25) is 9.69 Å². The summed E-state index contributed by atoms with van der Waals surface area (Å²) in [6, 6.07) is 5.47. The zero-order chi connectivity index (χ0) is 18.7. The molecule has 0 saturated heterocycles. The van der Waals surface area contributed by atoms with Gasteiger partial charge in [-0.2, -0.15) is 0 Å². The number of benzene rings is 1. The summed E-state index contributed by atoms with van der Waals surface area (Å²) in [7, 11) is 0. The van der Waals surface area contributed by atoms with Gasteiger partial charge in [0.15, 0.2) is 0 Å².